The van der Waals surface area contributed by atoms with Crippen molar-refractivity contribution in [3.05, 3.63) is 29.8 Å². The largest absolute Gasteiger partial charge is 0.483 e. The number of amides is 1. The van der Waals surface area contributed by atoms with Crippen LogP contribution in [0.3, 0.4) is 0 Å². The summed E-state index contributed by atoms with van der Waals surface area (Å²) in [6.45, 7) is 2.16. The number of carbonyl (C=O) groups excluding carboxylic acids is 1. The van der Waals surface area contributed by atoms with Crippen LogP contribution in [0.15, 0.2) is 29.4 Å². The van der Waals surface area contributed by atoms with Crippen LogP contribution in [0.5, 0.6) is 5.75 Å². The Morgan fingerprint density at radius 3 is 2.80 bits per heavy atom. The summed E-state index contributed by atoms with van der Waals surface area (Å²) < 4.78 is 10.7. The Bertz CT molecular complexity index is 498. The molecule has 3 N–H and O–H groups in total. The Morgan fingerprint density at radius 2 is 2.10 bits per heavy atom. The summed E-state index contributed by atoms with van der Waals surface area (Å²) in [5.74, 6) is 0.242. The highest BCUT2D eigenvalue weighted by atomic mass is 16.5. The van der Waals surface area contributed by atoms with Crippen molar-refractivity contribution in [3.8, 4) is 5.75 Å². The summed E-state index contributed by atoms with van der Waals surface area (Å²) in [5.41, 5.74) is 6.00. The molecule has 1 amide bonds. The number of carbonyl (C=O) groups is 1. The fourth-order valence-corrected chi connectivity index (χ4v) is 1.90. The van der Waals surface area contributed by atoms with Gasteiger partial charge in [0, 0.05) is 13.1 Å². The van der Waals surface area contributed by atoms with E-state index in [0.717, 1.165) is 0 Å². The lowest BCUT2D eigenvalue weighted by Gasteiger charge is -2.26. The summed E-state index contributed by atoms with van der Waals surface area (Å²) >= 11 is 0. The van der Waals surface area contributed by atoms with Crippen LogP contribution in [-0.2, 0) is 9.53 Å². The van der Waals surface area contributed by atoms with Crippen LogP contribution in [0.2, 0.25) is 0 Å². The topological polar surface area (TPSA) is 97.4 Å². The SMILES string of the molecule is N/C(=N\O)c1ccccc1OCC(=O)N1CCOCC1. The van der Waals surface area contributed by atoms with E-state index in [0.29, 0.717) is 37.6 Å². The number of nitrogens with two attached hydrogens (primary N) is 1. The Morgan fingerprint density at radius 1 is 1.40 bits per heavy atom. The third-order valence-corrected chi connectivity index (χ3v) is 2.99. The molecule has 0 aliphatic carbocycles. The number of oxime groups is 1. The van der Waals surface area contributed by atoms with E-state index in [1.807, 2.05) is 0 Å². The summed E-state index contributed by atoms with van der Waals surface area (Å²) in [4.78, 5) is 13.6. The fourth-order valence-electron chi connectivity index (χ4n) is 1.90. The molecule has 1 saturated heterocycles. The lowest BCUT2D eigenvalue weighted by atomic mass is 10.2. The van der Waals surface area contributed by atoms with Gasteiger partial charge < -0.3 is 25.3 Å². The highest BCUT2D eigenvalue weighted by Crippen LogP contribution is 2.17. The average Bonchev–Trinajstić information content (AvgIpc) is 2.53. The van der Waals surface area contributed by atoms with Gasteiger partial charge >= 0.3 is 0 Å². The number of amidine groups is 1. The van der Waals surface area contributed by atoms with Gasteiger partial charge in [0.25, 0.3) is 5.91 Å². The van der Waals surface area contributed by atoms with Gasteiger partial charge in [-0.15, -0.1) is 0 Å². The first-order valence-corrected chi connectivity index (χ1v) is 6.27. The minimum atomic E-state index is -0.109. The molecule has 0 saturated carbocycles. The van der Waals surface area contributed by atoms with Crippen LogP contribution >= 0.6 is 0 Å². The summed E-state index contributed by atoms with van der Waals surface area (Å²) in [5, 5.41) is 11.7. The third-order valence-electron chi connectivity index (χ3n) is 2.99. The highest BCUT2D eigenvalue weighted by molar-refractivity contribution is 5.99. The van der Waals surface area contributed by atoms with Crippen molar-refractivity contribution >= 4 is 11.7 Å². The number of hydrogen-bond donors (Lipinski definition) is 2. The van der Waals surface area contributed by atoms with E-state index in [2.05, 4.69) is 5.16 Å². The average molecular weight is 279 g/mol. The third kappa shape index (κ3) is 3.39. The molecule has 1 aromatic rings. The Labute approximate surface area is 116 Å². The van der Waals surface area contributed by atoms with Crippen LogP contribution in [0.25, 0.3) is 0 Å². The molecule has 2 rings (SSSR count). The van der Waals surface area contributed by atoms with Crippen molar-refractivity contribution in [2.24, 2.45) is 10.9 Å². The van der Waals surface area contributed by atoms with Crippen molar-refractivity contribution in [2.45, 2.75) is 0 Å². The normalized spacial score (nSPS) is 16.0. The maximum atomic E-state index is 12.0. The molecule has 0 aromatic heterocycles. The number of morpholine rings is 1. The van der Waals surface area contributed by atoms with Crippen LogP contribution < -0.4 is 10.5 Å². The van der Waals surface area contributed by atoms with Crippen molar-refractivity contribution in [1.29, 1.82) is 0 Å². The number of rotatable bonds is 4. The summed E-state index contributed by atoms with van der Waals surface area (Å²) in [6.07, 6.45) is 0. The second-order valence-corrected chi connectivity index (χ2v) is 4.26. The molecule has 1 aromatic carbocycles. The van der Waals surface area contributed by atoms with Crippen molar-refractivity contribution in [2.75, 3.05) is 32.9 Å². The fraction of sp³-hybridized carbons (Fsp3) is 0.385. The molecule has 7 heteroatoms. The monoisotopic (exact) mass is 279 g/mol. The predicted molar refractivity (Wildman–Crippen MR) is 71.8 cm³/mol. The molecular formula is C13H17N3O4. The predicted octanol–water partition coefficient (Wildman–Crippen LogP) is 0.0187. The smallest absolute Gasteiger partial charge is 0.260 e. The molecule has 7 nitrogen and oxygen atoms in total. The number of ether oxygens (including phenoxy) is 2. The van der Waals surface area contributed by atoms with Crippen molar-refractivity contribution in [3.63, 3.8) is 0 Å². The standard InChI is InChI=1S/C13H17N3O4/c14-13(15-18)10-3-1-2-4-11(10)20-9-12(17)16-5-7-19-8-6-16/h1-4,18H,5-9H2,(H2,14,15). The van der Waals surface area contributed by atoms with Gasteiger partial charge in [0.1, 0.15) is 5.75 Å². The van der Waals surface area contributed by atoms with Gasteiger partial charge in [-0.25, -0.2) is 0 Å². The minimum absolute atomic E-state index is 0.0561. The van der Waals surface area contributed by atoms with Crippen LogP contribution in [0, 0.1) is 0 Å². The summed E-state index contributed by atoms with van der Waals surface area (Å²) in [7, 11) is 0. The molecule has 0 radical (unpaired) electrons. The Kier molecular flexibility index (Phi) is 4.78. The van der Waals surface area contributed by atoms with E-state index in [4.69, 9.17) is 20.4 Å². The van der Waals surface area contributed by atoms with E-state index in [1.54, 1.807) is 29.2 Å². The maximum Gasteiger partial charge on any atom is 0.260 e. The molecule has 1 heterocycles. The number of nitrogens with zero attached hydrogens (tertiary/aromatic N) is 2. The van der Waals surface area contributed by atoms with E-state index < -0.39 is 0 Å². The Balaban J connectivity index is 1.98. The van der Waals surface area contributed by atoms with Gasteiger partial charge in [0.2, 0.25) is 0 Å². The molecule has 108 valence electrons. The number of benzene rings is 1. The number of hydrogen-bond acceptors (Lipinski definition) is 5. The highest BCUT2D eigenvalue weighted by Gasteiger charge is 2.18. The van der Waals surface area contributed by atoms with Crippen molar-refractivity contribution < 1.29 is 19.5 Å². The molecule has 20 heavy (non-hydrogen) atoms. The first-order valence-electron chi connectivity index (χ1n) is 6.27. The van der Waals surface area contributed by atoms with Crippen LogP contribution in [0.1, 0.15) is 5.56 Å². The second-order valence-electron chi connectivity index (χ2n) is 4.26. The minimum Gasteiger partial charge on any atom is -0.483 e. The van der Waals surface area contributed by atoms with Gasteiger partial charge in [0.05, 0.1) is 18.8 Å². The van der Waals surface area contributed by atoms with Gasteiger partial charge in [-0.2, -0.15) is 0 Å². The molecular weight excluding hydrogens is 262 g/mol. The molecule has 0 spiro atoms. The van der Waals surface area contributed by atoms with Gasteiger partial charge in [-0.05, 0) is 12.1 Å². The molecule has 1 aliphatic rings. The second kappa shape index (κ2) is 6.76. The molecule has 1 fully saturated rings. The molecule has 0 atom stereocenters. The zero-order valence-electron chi connectivity index (χ0n) is 11.0. The molecule has 1 aliphatic heterocycles. The first-order chi connectivity index (χ1) is 9.72. The van der Waals surface area contributed by atoms with E-state index >= 15 is 0 Å². The summed E-state index contributed by atoms with van der Waals surface area (Å²) in [6, 6.07) is 6.82. The van der Waals surface area contributed by atoms with Crippen molar-refractivity contribution in [1.82, 2.24) is 4.90 Å². The molecule has 0 unspecified atom stereocenters. The zero-order chi connectivity index (χ0) is 14.4. The quantitative estimate of drug-likeness (QED) is 0.350. The van der Waals surface area contributed by atoms with E-state index in [-0.39, 0.29) is 18.3 Å². The van der Waals surface area contributed by atoms with Gasteiger partial charge in [-0.1, -0.05) is 17.3 Å². The Hall–Kier alpha value is -2.28. The number of para-hydroxylation sites is 1. The van der Waals surface area contributed by atoms with Gasteiger partial charge in [0.15, 0.2) is 12.4 Å². The lowest BCUT2D eigenvalue weighted by Crippen LogP contribution is -2.43. The van der Waals surface area contributed by atoms with E-state index in [1.165, 1.54) is 0 Å². The van der Waals surface area contributed by atoms with Gasteiger partial charge in [-0.3, -0.25) is 4.79 Å². The lowest BCUT2D eigenvalue weighted by molar-refractivity contribution is -0.137. The van der Waals surface area contributed by atoms with Crippen LogP contribution in [0.4, 0.5) is 0 Å². The molecule has 0 bridgehead atoms. The first kappa shape index (κ1) is 14.1. The maximum absolute atomic E-state index is 12.0. The van der Waals surface area contributed by atoms with Crippen LogP contribution in [-0.4, -0.2) is 54.8 Å². The van der Waals surface area contributed by atoms with E-state index in [9.17, 15) is 4.79 Å². The zero-order valence-corrected chi connectivity index (χ0v) is 11.0.